The van der Waals surface area contributed by atoms with E-state index in [0.29, 0.717) is 23.2 Å². The highest BCUT2D eigenvalue weighted by Gasteiger charge is 2.27. The molecule has 2 aliphatic rings. The zero-order valence-corrected chi connectivity index (χ0v) is 17.5. The highest BCUT2D eigenvalue weighted by Crippen LogP contribution is 2.34. The van der Waals surface area contributed by atoms with Gasteiger partial charge in [0.2, 0.25) is 0 Å². The van der Waals surface area contributed by atoms with E-state index in [2.05, 4.69) is 22.8 Å². The third kappa shape index (κ3) is 4.16. The molecule has 6 nitrogen and oxygen atoms in total. The number of carbonyl (C=O) groups excluding carboxylic acids is 2. The van der Waals surface area contributed by atoms with Crippen molar-refractivity contribution >= 4 is 39.2 Å². The van der Waals surface area contributed by atoms with Gasteiger partial charge < -0.3 is 15.5 Å². The van der Waals surface area contributed by atoms with E-state index in [1.807, 2.05) is 35.2 Å². The van der Waals surface area contributed by atoms with Crippen molar-refractivity contribution in [1.29, 1.82) is 0 Å². The average Bonchev–Trinajstić information content (AvgIpc) is 3.47. The second kappa shape index (κ2) is 8.07. The van der Waals surface area contributed by atoms with Crippen LogP contribution in [0.25, 0.3) is 10.2 Å². The number of anilines is 1. The molecule has 30 heavy (non-hydrogen) atoms. The fraction of sp³-hybridized carbons (Fsp3) is 0.348. The lowest BCUT2D eigenvalue weighted by atomic mass is 9.97. The number of para-hydroxylation sites is 1. The van der Waals surface area contributed by atoms with Crippen molar-refractivity contribution in [1.82, 2.24) is 15.2 Å². The topological polar surface area (TPSA) is 74.3 Å². The quantitative estimate of drug-likeness (QED) is 0.648. The van der Waals surface area contributed by atoms with Crippen LogP contribution in [-0.2, 0) is 0 Å². The summed E-state index contributed by atoms with van der Waals surface area (Å²) in [7, 11) is 0. The van der Waals surface area contributed by atoms with Crippen LogP contribution in [0, 0.1) is 0 Å². The van der Waals surface area contributed by atoms with Crippen molar-refractivity contribution in [3.05, 3.63) is 59.1 Å². The predicted octanol–water partition coefficient (Wildman–Crippen LogP) is 4.60. The van der Waals surface area contributed by atoms with Gasteiger partial charge in [0, 0.05) is 36.3 Å². The number of rotatable bonds is 4. The first-order valence-corrected chi connectivity index (χ1v) is 11.3. The van der Waals surface area contributed by atoms with Crippen LogP contribution in [0.1, 0.15) is 47.0 Å². The molecule has 1 saturated heterocycles. The van der Waals surface area contributed by atoms with Crippen LogP contribution in [-0.4, -0.2) is 41.0 Å². The number of amides is 3. The fourth-order valence-electron chi connectivity index (χ4n) is 3.89. The smallest absolute Gasteiger partial charge is 0.319 e. The molecule has 1 aromatic heterocycles. The molecule has 2 N–H and O–H groups in total. The van der Waals surface area contributed by atoms with Crippen LogP contribution in [0.3, 0.4) is 0 Å². The Morgan fingerprint density at radius 2 is 1.80 bits per heavy atom. The van der Waals surface area contributed by atoms with Crippen LogP contribution in [0.2, 0.25) is 0 Å². The van der Waals surface area contributed by atoms with E-state index in [0.717, 1.165) is 44.3 Å². The molecule has 0 bridgehead atoms. The monoisotopic (exact) mass is 420 g/mol. The molecule has 0 atom stereocenters. The highest BCUT2D eigenvalue weighted by atomic mass is 32.1. The van der Waals surface area contributed by atoms with Crippen molar-refractivity contribution in [2.24, 2.45) is 0 Å². The Kier molecular flexibility index (Phi) is 5.12. The Hall–Kier alpha value is -2.93. The normalized spacial score (nSPS) is 17.1. The Morgan fingerprint density at radius 3 is 2.57 bits per heavy atom. The average molecular weight is 421 g/mol. The zero-order valence-electron chi connectivity index (χ0n) is 16.6. The summed E-state index contributed by atoms with van der Waals surface area (Å²) >= 11 is 1.77. The summed E-state index contributed by atoms with van der Waals surface area (Å²) in [4.78, 5) is 31.7. The largest absolute Gasteiger partial charge is 0.339 e. The first kappa shape index (κ1) is 19.1. The van der Waals surface area contributed by atoms with Crippen LogP contribution in [0.15, 0.2) is 48.5 Å². The maximum absolute atomic E-state index is 13.0. The Morgan fingerprint density at radius 1 is 1.00 bits per heavy atom. The Labute approximate surface area is 179 Å². The molecule has 0 radical (unpaired) electrons. The molecular weight excluding hydrogens is 396 g/mol. The predicted molar refractivity (Wildman–Crippen MR) is 119 cm³/mol. The number of thiazole rings is 1. The van der Waals surface area contributed by atoms with Gasteiger partial charge in [0.05, 0.1) is 15.2 Å². The minimum atomic E-state index is -0.209. The Balaban J connectivity index is 1.21. The minimum absolute atomic E-state index is 0.0176. The number of likely N-dealkylation sites (tertiary alicyclic amines) is 1. The van der Waals surface area contributed by atoms with Crippen LogP contribution in [0.4, 0.5) is 10.5 Å². The number of nitrogens with one attached hydrogen (secondary N) is 2. The molecular formula is C23H24N4O2S. The molecule has 0 unspecified atom stereocenters. The van der Waals surface area contributed by atoms with E-state index in [-0.39, 0.29) is 11.9 Å². The highest BCUT2D eigenvalue weighted by molar-refractivity contribution is 7.18. The second-order valence-corrected chi connectivity index (χ2v) is 9.10. The summed E-state index contributed by atoms with van der Waals surface area (Å²) in [6.07, 6.45) is 3.93. The third-order valence-electron chi connectivity index (χ3n) is 5.72. The van der Waals surface area contributed by atoms with E-state index in [9.17, 15) is 9.59 Å². The summed E-state index contributed by atoms with van der Waals surface area (Å²) in [5.41, 5.74) is 2.31. The lowest BCUT2D eigenvalue weighted by molar-refractivity contribution is 0.0713. The van der Waals surface area contributed by atoms with Crippen molar-refractivity contribution in [3.63, 3.8) is 0 Å². The maximum atomic E-state index is 13.0. The minimum Gasteiger partial charge on any atom is -0.339 e. The van der Waals surface area contributed by atoms with E-state index >= 15 is 0 Å². The van der Waals surface area contributed by atoms with Gasteiger partial charge in [-0.25, -0.2) is 9.78 Å². The molecule has 7 heteroatoms. The SMILES string of the molecule is O=C(Nc1cccc(C(=O)N2CCC(c3nc4ccccc4s3)CC2)c1)NC1CC1. The molecule has 1 aliphatic heterocycles. The molecule has 154 valence electrons. The van der Waals surface area contributed by atoms with Gasteiger partial charge in [-0.05, 0) is 56.0 Å². The van der Waals surface area contributed by atoms with Gasteiger partial charge in [-0.15, -0.1) is 11.3 Å². The van der Waals surface area contributed by atoms with Gasteiger partial charge >= 0.3 is 6.03 Å². The fourth-order valence-corrected chi connectivity index (χ4v) is 5.02. The number of urea groups is 1. The van der Waals surface area contributed by atoms with Crippen LogP contribution < -0.4 is 10.6 Å². The number of hydrogen-bond donors (Lipinski definition) is 2. The maximum Gasteiger partial charge on any atom is 0.319 e. The van der Waals surface area contributed by atoms with Crippen molar-refractivity contribution in [2.75, 3.05) is 18.4 Å². The van der Waals surface area contributed by atoms with E-state index in [4.69, 9.17) is 4.98 Å². The summed E-state index contributed by atoms with van der Waals surface area (Å²) < 4.78 is 1.22. The van der Waals surface area contributed by atoms with Gasteiger partial charge in [0.1, 0.15) is 0 Å². The van der Waals surface area contributed by atoms with Crippen LogP contribution in [0.5, 0.6) is 0 Å². The molecule has 3 amide bonds. The summed E-state index contributed by atoms with van der Waals surface area (Å²) in [6, 6.07) is 15.5. The number of nitrogens with zero attached hydrogens (tertiary/aromatic N) is 2. The third-order valence-corrected chi connectivity index (χ3v) is 6.92. The number of aromatic nitrogens is 1. The van der Waals surface area contributed by atoms with Gasteiger partial charge in [0.15, 0.2) is 0 Å². The Bertz CT molecular complexity index is 1050. The van der Waals surface area contributed by atoms with E-state index < -0.39 is 0 Å². The standard InChI is InChI=1S/C23H24N4O2S/c28-22(16-4-3-5-18(14-16)25-23(29)24-17-8-9-17)27-12-10-15(11-13-27)21-26-19-6-1-2-7-20(19)30-21/h1-7,14-15,17H,8-13H2,(H2,24,25,29). The number of piperidine rings is 1. The molecule has 1 saturated carbocycles. The molecule has 2 aromatic carbocycles. The first-order chi connectivity index (χ1) is 14.7. The molecule has 3 aromatic rings. The summed E-state index contributed by atoms with van der Waals surface area (Å²) in [5, 5.41) is 6.90. The number of benzene rings is 2. The van der Waals surface area contributed by atoms with E-state index in [1.54, 1.807) is 17.4 Å². The summed E-state index contributed by atoms with van der Waals surface area (Å²) in [6.45, 7) is 1.44. The number of hydrogen-bond acceptors (Lipinski definition) is 4. The molecule has 1 aliphatic carbocycles. The van der Waals surface area contributed by atoms with Gasteiger partial charge in [0.25, 0.3) is 5.91 Å². The first-order valence-electron chi connectivity index (χ1n) is 10.5. The van der Waals surface area contributed by atoms with Gasteiger partial charge in [-0.2, -0.15) is 0 Å². The molecule has 2 fully saturated rings. The lowest BCUT2D eigenvalue weighted by Crippen LogP contribution is -2.38. The zero-order chi connectivity index (χ0) is 20.5. The number of fused-ring (bicyclic) bond motifs is 1. The van der Waals surface area contributed by atoms with Crippen molar-refractivity contribution < 1.29 is 9.59 Å². The van der Waals surface area contributed by atoms with Crippen LogP contribution >= 0.6 is 11.3 Å². The second-order valence-electron chi connectivity index (χ2n) is 8.04. The van der Waals surface area contributed by atoms with Gasteiger partial charge in [-0.3, -0.25) is 4.79 Å². The molecule has 0 spiro atoms. The summed E-state index contributed by atoms with van der Waals surface area (Å²) in [5.74, 6) is 0.426. The number of carbonyl (C=O) groups is 2. The van der Waals surface area contributed by atoms with Gasteiger partial charge in [-0.1, -0.05) is 18.2 Å². The van der Waals surface area contributed by atoms with Crippen molar-refractivity contribution in [2.45, 2.75) is 37.6 Å². The molecule has 5 rings (SSSR count). The van der Waals surface area contributed by atoms with E-state index in [1.165, 1.54) is 9.71 Å². The van der Waals surface area contributed by atoms with Crippen molar-refractivity contribution in [3.8, 4) is 0 Å². The molecule has 2 heterocycles. The lowest BCUT2D eigenvalue weighted by Gasteiger charge is -2.31.